The second-order valence-electron chi connectivity index (χ2n) is 5.74. The van der Waals surface area contributed by atoms with Crippen molar-refractivity contribution >= 4 is 10.8 Å². The van der Waals surface area contributed by atoms with Crippen LogP contribution in [-0.2, 0) is 10.8 Å². The maximum Gasteiger partial charge on any atom is 0.119 e. The first kappa shape index (κ1) is 17.2. The molecule has 0 amide bonds. The number of ether oxygens (including phenoxy) is 1. The van der Waals surface area contributed by atoms with E-state index in [9.17, 15) is 4.21 Å². The first-order valence-electron chi connectivity index (χ1n) is 7.23. The van der Waals surface area contributed by atoms with Gasteiger partial charge in [-0.3, -0.25) is 4.21 Å². The first-order valence-corrected chi connectivity index (χ1v) is 8.55. The number of benzene rings is 1. The topological polar surface area (TPSA) is 38.3 Å². The van der Waals surface area contributed by atoms with Gasteiger partial charge in [0.2, 0.25) is 0 Å². The average Bonchev–Trinajstić information content (AvgIpc) is 2.38. The molecule has 0 radical (unpaired) electrons. The third-order valence-corrected chi connectivity index (χ3v) is 5.05. The summed E-state index contributed by atoms with van der Waals surface area (Å²) >= 11 is 0. The van der Waals surface area contributed by atoms with E-state index in [2.05, 4.69) is 24.4 Å². The van der Waals surface area contributed by atoms with Crippen LogP contribution in [0.5, 0.6) is 5.75 Å². The summed E-state index contributed by atoms with van der Waals surface area (Å²) in [5.41, 5.74) is 1.16. The molecule has 0 saturated carbocycles. The minimum Gasteiger partial charge on any atom is -0.494 e. The smallest absolute Gasteiger partial charge is 0.119 e. The maximum absolute atomic E-state index is 12.3. The van der Waals surface area contributed by atoms with E-state index < -0.39 is 10.8 Å². The molecule has 0 spiro atoms. The maximum atomic E-state index is 12.3. The monoisotopic (exact) mass is 297 g/mol. The molecule has 0 bridgehead atoms. The highest BCUT2D eigenvalue weighted by molar-refractivity contribution is 7.86. The Morgan fingerprint density at radius 2 is 1.80 bits per heavy atom. The van der Waals surface area contributed by atoms with E-state index in [0.717, 1.165) is 17.9 Å². The minimum absolute atomic E-state index is 0.121. The van der Waals surface area contributed by atoms with Gasteiger partial charge in [-0.25, -0.2) is 0 Å². The van der Waals surface area contributed by atoms with Crippen LogP contribution >= 0.6 is 0 Å². The number of nitrogens with one attached hydrogen (secondary N) is 1. The van der Waals surface area contributed by atoms with Crippen LogP contribution in [0.2, 0.25) is 0 Å². The van der Waals surface area contributed by atoms with Gasteiger partial charge in [-0.1, -0.05) is 19.1 Å². The average molecular weight is 297 g/mol. The fourth-order valence-corrected chi connectivity index (χ4v) is 3.00. The quantitative estimate of drug-likeness (QED) is 0.839. The summed E-state index contributed by atoms with van der Waals surface area (Å²) in [6.07, 6.45) is 0. The van der Waals surface area contributed by atoms with Crippen molar-refractivity contribution in [2.45, 2.75) is 45.4 Å². The summed E-state index contributed by atoms with van der Waals surface area (Å²) in [6.45, 7) is 11.6. The zero-order valence-corrected chi connectivity index (χ0v) is 14.0. The lowest BCUT2D eigenvalue weighted by Crippen LogP contribution is -2.32. The molecule has 0 aromatic heterocycles. The van der Waals surface area contributed by atoms with Gasteiger partial charge in [-0.05, 0) is 51.9 Å². The summed E-state index contributed by atoms with van der Waals surface area (Å²) in [4.78, 5) is 0. The molecule has 1 N–H and O–H groups in total. The first-order chi connectivity index (χ1) is 9.38. The van der Waals surface area contributed by atoms with Crippen LogP contribution in [0, 0.1) is 0 Å². The van der Waals surface area contributed by atoms with Crippen LogP contribution in [0.15, 0.2) is 24.3 Å². The molecule has 0 saturated heterocycles. The Labute approximate surface area is 125 Å². The van der Waals surface area contributed by atoms with Crippen LogP contribution in [0.4, 0.5) is 0 Å². The van der Waals surface area contributed by atoms with E-state index in [1.807, 2.05) is 39.8 Å². The second kappa shape index (κ2) is 7.79. The van der Waals surface area contributed by atoms with Crippen molar-refractivity contribution in [3.05, 3.63) is 29.8 Å². The van der Waals surface area contributed by atoms with Crippen molar-refractivity contribution in [3.8, 4) is 5.75 Å². The largest absolute Gasteiger partial charge is 0.494 e. The van der Waals surface area contributed by atoms with Gasteiger partial charge in [0.05, 0.1) is 6.61 Å². The molecule has 0 aliphatic rings. The Bertz CT molecular complexity index is 423. The zero-order chi connectivity index (χ0) is 15.2. The van der Waals surface area contributed by atoms with Crippen LogP contribution < -0.4 is 10.1 Å². The molecular formula is C16H27NO2S. The molecule has 1 aromatic rings. The number of hydrogen-bond acceptors (Lipinski definition) is 3. The third-order valence-electron chi connectivity index (χ3n) is 3.05. The molecule has 2 unspecified atom stereocenters. The zero-order valence-electron chi connectivity index (χ0n) is 13.2. The van der Waals surface area contributed by atoms with Gasteiger partial charge in [0, 0.05) is 27.3 Å². The molecular weight excluding hydrogens is 270 g/mol. The van der Waals surface area contributed by atoms with E-state index in [1.165, 1.54) is 0 Å². The van der Waals surface area contributed by atoms with Crippen molar-refractivity contribution in [1.82, 2.24) is 5.32 Å². The normalized spacial score (nSPS) is 14.8. The predicted octanol–water partition coefficient (Wildman–Crippen LogP) is 3.28. The van der Waals surface area contributed by atoms with Gasteiger partial charge in [-0.15, -0.1) is 0 Å². The lowest BCUT2D eigenvalue weighted by atomic mass is 10.1. The van der Waals surface area contributed by atoms with Crippen molar-refractivity contribution in [1.29, 1.82) is 0 Å². The lowest BCUT2D eigenvalue weighted by Gasteiger charge is -2.24. The second-order valence-corrected chi connectivity index (χ2v) is 7.99. The molecule has 20 heavy (non-hydrogen) atoms. The molecule has 3 nitrogen and oxygen atoms in total. The summed E-state index contributed by atoms with van der Waals surface area (Å²) < 4.78 is 17.6. The van der Waals surface area contributed by atoms with Crippen molar-refractivity contribution < 1.29 is 8.95 Å². The number of hydrogen-bond donors (Lipinski definition) is 1. The van der Waals surface area contributed by atoms with Gasteiger partial charge < -0.3 is 10.1 Å². The highest BCUT2D eigenvalue weighted by Crippen LogP contribution is 2.22. The van der Waals surface area contributed by atoms with E-state index in [4.69, 9.17) is 4.74 Å². The highest BCUT2D eigenvalue weighted by Gasteiger charge is 2.23. The van der Waals surface area contributed by atoms with Gasteiger partial charge >= 0.3 is 0 Å². The Morgan fingerprint density at radius 3 is 2.25 bits per heavy atom. The molecule has 0 aliphatic carbocycles. The van der Waals surface area contributed by atoms with E-state index in [0.29, 0.717) is 12.4 Å². The van der Waals surface area contributed by atoms with Crippen LogP contribution in [0.25, 0.3) is 0 Å². The number of rotatable bonds is 7. The SMILES string of the molecule is CCNC(CS(=O)C(C)(C)C)c1ccc(OCC)cc1. The van der Waals surface area contributed by atoms with Gasteiger partial charge in [0.25, 0.3) is 0 Å². The van der Waals surface area contributed by atoms with Crippen molar-refractivity contribution in [3.63, 3.8) is 0 Å². The Morgan fingerprint density at radius 1 is 1.20 bits per heavy atom. The molecule has 1 rings (SSSR count). The summed E-state index contributed by atoms with van der Waals surface area (Å²) in [5, 5.41) is 3.42. The highest BCUT2D eigenvalue weighted by atomic mass is 32.2. The molecule has 0 heterocycles. The van der Waals surface area contributed by atoms with Gasteiger partial charge in [-0.2, -0.15) is 0 Å². The fraction of sp³-hybridized carbons (Fsp3) is 0.625. The van der Waals surface area contributed by atoms with E-state index in [1.54, 1.807) is 0 Å². The van der Waals surface area contributed by atoms with Crippen LogP contribution in [0.1, 0.15) is 46.2 Å². The Hall–Kier alpha value is -0.870. The fourth-order valence-electron chi connectivity index (χ4n) is 1.88. The molecule has 4 heteroatoms. The van der Waals surface area contributed by atoms with Gasteiger partial charge in [0.1, 0.15) is 5.75 Å². The van der Waals surface area contributed by atoms with Gasteiger partial charge in [0.15, 0.2) is 0 Å². The Kier molecular flexibility index (Phi) is 6.69. The summed E-state index contributed by atoms with van der Waals surface area (Å²) in [6, 6.07) is 8.18. The van der Waals surface area contributed by atoms with Crippen molar-refractivity contribution in [2.75, 3.05) is 18.9 Å². The summed E-state index contributed by atoms with van der Waals surface area (Å²) in [5.74, 6) is 1.51. The van der Waals surface area contributed by atoms with Crippen LogP contribution in [-0.4, -0.2) is 27.9 Å². The molecule has 114 valence electrons. The predicted molar refractivity (Wildman–Crippen MR) is 86.8 cm³/mol. The lowest BCUT2D eigenvalue weighted by molar-refractivity contribution is 0.340. The van der Waals surface area contributed by atoms with E-state index >= 15 is 0 Å². The Balaban J connectivity index is 2.82. The molecule has 1 aromatic carbocycles. The standard InChI is InChI=1S/C16H27NO2S/c1-6-17-15(12-20(18)16(3,4)5)13-8-10-14(11-9-13)19-7-2/h8-11,15,17H,6-7,12H2,1-5H3. The van der Waals surface area contributed by atoms with Crippen LogP contribution in [0.3, 0.4) is 0 Å². The minimum atomic E-state index is -0.872. The molecule has 0 fully saturated rings. The van der Waals surface area contributed by atoms with Crippen molar-refractivity contribution in [2.24, 2.45) is 0 Å². The summed E-state index contributed by atoms with van der Waals surface area (Å²) in [7, 11) is -0.872. The molecule has 0 aliphatic heterocycles. The van der Waals surface area contributed by atoms with E-state index in [-0.39, 0.29) is 10.8 Å². The third kappa shape index (κ3) is 5.25. The molecule has 2 atom stereocenters.